The third-order valence-electron chi connectivity index (χ3n) is 2.59. The van der Waals surface area contributed by atoms with Crippen molar-refractivity contribution in [3.05, 3.63) is 40.0 Å². The van der Waals surface area contributed by atoms with E-state index in [1.807, 2.05) is 25.3 Å². The molecule has 0 spiro atoms. The summed E-state index contributed by atoms with van der Waals surface area (Å²) in [6, 6.07) is 5.25. The minimum atomic E-state index is -0.881. The zero-order valence-corrected chi connectivity index (χ0v) is 12.0. The van der Waals surface area contributed by atoms with Gasteiger partial charge in [-0.1, -0.05) is 0 Å². The molecule has 0 saturated carbocycles. The lowest BCUT2D eigenvalue weighted by atomic mass is 10.0. The first-order valence-corrected chi connectivity index (χ1v) is 6.98. The van der Waals surface area contributed by atoms with Crippen molar-refractivity contribution in [2.24, 2.45) is 0 Å². The van der Waals surface area contributed by atoms with E-state index in [0.717, 1.165) is 5.69 Å². The summed E-state index contributed by atoms with van der Waals surface area (Å²) in [5.41, 5.74) is 1.19. The maximum Gasteiger partial charge on any atom is 0.213 e. The quantitative estimate of drug-likeness (QED) is 0.790. The number of ether oxygens (including phenoxy) is 1. The Morgan fingerprint density at radius 3 is 2.85 bits per heavy atom. The van der Waals surface area contributed by atoms with E-state index in [1.54, 1.807) is 12.1 Å². The van der Waals surface area contributed by atoms with Crippen molar-refractivity contribution in [2.45, 2.75) is 19.8 Å². The Balaban J connectivity index is 2.23. The Morgan fingerprint density at radius 2 is 2.35 bits per heavy atom. The van der Waals surface area contributed by atoms with Gasteiger partial charge in [0, 0.05) is 28.9 Å². The summed E-state index contributed by atoms with van der Waals surface area (Å²) in [7, 11) is 0. The van der Waals surface area contributed by atoms with Gasteiger partial charge in [-0.3, -0.25) is 4.79 Å². The molecular weight excluding hydrogens is 274 g/mol. The molecule has 0 unspecified atom stereocenters. The van der Waals surface area contributed by atoms with Crippen LogP contribution < -0.4 is 4.74 Å². The van der Waals surface area contributed by atoms with Crippen LogP contribution in [0.3, 0.4) is 0 Å². The topological polar surface area (TPSA) is 75.9 Å². The molecule has 0 aliphatic carbocycles. The number of ketones is 1. The number of nitriles is 1. The predicted molar refractivity (Wildman–Crippen MR) is 74.9 cm³/mol. The number of hydrogen-bond donors (Lipinski definition) is 0. The van der Waals surface area contributed by atoms with Gasteiger partial charge in [-0.05, 0) is 19.9 Å². The van der Waals surface area contributed by atoms with Gasteiger partial charge in [-0.25, -0.2) is 9.97 Å². The van der Waals surface area contributed by atoms with Crippen LogP contribution in [-0.4, -0.2) is 22.4 Å². The number of carbonyl (C=O) groups is 1. The number of pyridine rings is 1. The average Bonchev–Trinajstić information content (AvgIpc) is 2.87. The summed E-state index contributed by atoms with van der Waals surface area (Å²) in [5, 5.41) is 11.6. The standard InChI is InChI=1S/C14H13N3O2S/c1-3-19-12-5-4-10(7-16-12)13(18)11(6-15)14-17-9(2)8-20-14/h4-5,7-8,11H,3H2,1-2H3/t11-/m0/s1. The Morgan fingerprint density at radius 1 is 1.55 bits per heavy atom. The molecule has 0 N–H and O–H groups in total. The minimum Gasteiger partial charge on any atom is -0.478 e. The predicted octanol–water partition coefficient (Wildman–Crippen LogP) is 2.74. The summed E-state index contributed by atoms with van der Waals surface area (Å²) < 4.78 is 5.22. The van der Waals surface area contributed by atoms with Crippen molar-refractivity contribution in [3.8, 4) is 11.9 Å². The summed E-state index contributed by atoms with van der Waals surface area (Å²) in [4.78, 5) is 20.6. The number of carbonyl (C=O) groups excluding carboxylic acids is 1. The highest BCUT2D eigenvalue weighted by Crippen LogP contribution is 2.24. The van der Waals surface area contributed by atoms with E-state index in [0.29, 0.717) is 23.1 Å². The van der Waals surface area contributed by atoms with Gasteiger partial charge in [0.1, 0.15) is 5.01 Å². The van der Waals surface area contributed by atoms with Gasteiger partial charge >= 0.3 is 0 Å². The highest BCUT2D eigenvalue weighted by Gasteiger charge is 2.24. The first kappa shape index (κ1) is 14.2. The Bertz CT molecular complexity index is 643. The second-order valence-corrected chi connectivity index (χ2v) is 4.96. The van der Waals surface area contributed by atoms with Crippen LogP contribution in [0.5, 0.6) is 5.88 Å². The van der Waals surface area contributed by atoms with Gasteiger partial charge in [0.25, 0.3) is 0 Å². The van der Waals surface area contributed by atoms with Gasteiger partial charge in [-0.2, -0.15) is 5.26 Å². The Labute approximate surface area is 120 Å². The Kier molecular flexibility index (Phi) is 4.43. The lowest BCUT2D eigenvalue weighted by Gasteiger charge is -2.06. The van der Waals surface area contributed by atoms with Crippen molar-refractivity contribution in [1.82, 2.24) is 9.97 Å². The molecule has 0 fully saturated rings. The number of hydrogen-bond acceptors (Lipinski definition) is 6. The first-order chi connectivity index (χ1) is 9.65. The minimum absolute atomic E-state index is 0.294. The molecule has 0 saturated heterocycles. The fourth-order valence-corrected chi connectivity index (χ4v) is 2.49. The van der Waals surface area contributed by atoms with Crippen LogP contribution >= 0.6 is 11.3 Å². The largest absolute Gasteiger partial charge is 0.478 e. The van der Waals surface area contributed by atoms with E-state index in [9.17, 15) is 10.1 Å². The molecule has 0 amide bonds. The van der Waals surface area contributed by atoms with E-state index >= 15 is 0 Å². The van der Waals surface area contributed by atoms with Crippen molar-refractivity contribution >= 4 is 17.1 Å². The van der Waals surface area contributed by atoms with Gasteiger partial charge in [0.15, 0.2) is 11.7 Å². The molecular formula is C14H13N3O2S. The lowest BCUT2D eigenvalue weighted by molar-refractivity contribution is 0.0978. The van der Waals surface area contributed by atoms with Crippen LogP contribution in [0.15, 0.2) is 23.7 Å². The van der Waals surface area contributed by atoms with Gasteiger partial charge in [-0.15, -0.1) is 11.3 Å². The van der Waals surface area contributed by atoms with Gasteiger partial charge in [0.05, 0.1) is 12.7 Å². The molecule has 2 aromatic rings. The third-order valence-corrected chi connectivity index (χ3v) is 3.62. The van der Waals surface area contributed by atoms with Gasteiger partial charge < -0.3 is 4.74 Å². The average molecular weight is 287 g/mol. The number of rotatable bonds is 5. The number of nitrogens with zero attached hydrogens (tertiary/aromatic N) is 3. The number of aromatic nitrogens is 2. The number of thiazole rings is 1. The molecule has 1 atom stereocenters. The molecule has 0 aromatic carbocycles. The van der Waals surface area contributed by atoms with E-state index < -0.39 is 5.92 Å². The Hall–Kier alpha value is -2.26. The molecule has 5 nitrogen and oxygen atoms in total. The molecule has 0 aliphatic heterocycles. The van der Waals surface area contributed by atoms with Crippen molar-refractivity contribution in [3.63, 3.8) is 0 Å². The molecule has 2 rings (SSSR count). The normalized spacial score (nSPS) is 11.7. The molecule has 0 radical (unpaired) electrons. The van der Waals surface area contributed by atoms with Gasteiger partial charge in [0.2, 0.25) is 5.88 Å². The number of Topliss-reactive ketones (excluding diaryl/α,β-unsaturated/α-hetero) is 1. The summed E-state index contributed by atoms with van der Waals surface area (Å²) >= 11 is 1.32. The molecule has 6 heteroatoms. The van der Waals surface area contributed by atoms with Crippen LogP contribution in [0.1, 0.15) is 33.9 Å². The maximum atomic E-state index is 12.3. The maximum absolute atomic E-state index is 12.3. The highest BCUT2D eigenvalue weighted by molar-refractivity contribution is 7.10. The summed E-state index contributed by atoms with van der Waals surface area (Å²) in [6.07, 6.45) is 1.43. The molecule has 0 bridgehead atoms. The zero-order valence-electron chi connectivity index (χ0n) is 11.2. The van der Waals surface area contributed by atoms with Crippen LogP contribution in [0, 0.1) is 18.3 Å². The van der Waals surface area contributed by atoms with E-state index in [1.165, 1.54) is 17.5 Å². The molecule has 102 valence electrons. The van der Waals surface area contributed by atoms with E-state index in [2.05, 4.69) is 9.97 Å². The van der Waals surface area contributed by atoms with Crippen molar-refractivity contribution in [2.75, 3.05) is 6.61 Å². The van der Waals surface area contributed by atoms with Crippen molar-refractivity contribution in [1.29, 1.82) is 5.26 Å². The second-order valence-electron chi connectivity index (χ2n) is 4.07. The summed E-state index contributed by atoms with van der Waals surface area (Å²) in [5.74, 6) is -0.714. The van der Waals surface area contributed by atoms with Crippen LogP contribution in [0.25, 0.3) is 0 Å². The highest BCUT2D eigenvalue weighted by atomic mass is 32.1. The van der Waals surface area contributed by atoms with Crippen LogP contribution in [0.2, 0.25) is 0 Å². The fraction of sp³-hybridized carbons (Fsp3) is 0.286. The molecule has 2 heterocycles. The molecule has 0 aliphatic rings. The van der Waals surface area contributed by atoms with E-state index in [-0.39, 0.29) is 5.78 Å². The summed E-state index contributed by atoms with van der Waals surface area (Å²) in [6.45, 7) is 4.20. The SMILES string of the molecule is CCOc1ccc(C(=O)[C@H](C#N)c2nc(C)cs2)cn1. The smallest absolute Gasteiger partial charge is 0.213 e. The second kappa shape index (κ2) is 6.26. The monoisotopic (exact) mass is 287 g/mol. The van der Waals surface area contributed by atoms with Crippen molar-refractivity contribution < 1.29 is 9.53 Å². The third kappa shape index (κ3) is 3.00. The lowest BCUT2D eigenvalue weighted by Crippen LogP contribution is -2.11. The zero-order chi connectivity index (χ0) is 14.5. The van der Waals surface area contributed by atoms with Crippen LogP contribution in [0.4, 0.5) is 0 Å². The van der Waals surface area contributed by atoms with E-state index in [4.69, 9.17) is 4.74 Å². The molecule has 20 heavy (non-hydrogen) atoms. The van der Waals surface area contributed by atoms with Crippen LogP contribution in [-0.2, 0) is 0 Å². The fourth-order valence-electron chi connectivity index (χ4n) is 1.66. The first-order valence-electron chi connectivity index (χ1n) is 6.10. The number of aryl methyl sites for hydroxylation is 1. The molecule has 2 aromatic heterocycles.